The molecule has 0 spiro atoms. The zero-order chi connectivity index (χ0) is 13.8. The molecule has 1 aliphatic heterocycles. The van der Waals surface area contributed by atoms with Crippen LogP contribution in [0.1, 0.15) is 32.5 Å². The van der Waals surface area contributed by atoms with E-state index in [1.807, 2.05) is 19.2 Å². The molecule has 1 N–H and O–H groups in total. The Bertz CT molecular complexity index is 400. The first-order valence-corrected chi connectivity index (χ1v) is 7.04. The molecule has 1 fully saturated rings. The van der Waals surface area contributed by atoms with Gasteiger partial charge in [-0.1, -0.05) is 13.8 Å². The number of piperazine rings is 1. The summed E-state index contributed by atoms with van der Waals surface area (Å²) in [5.74, 6) is 2.29. The minimum atomic E-state index is -0.252. The average Bonchev–Trinajstić information content (AvgIpc) is 2.39. The van der Waals surface area contributed by atoms with Crippen molar-refractivity contribution in [3.63, 3.8) is 0 Å². The van der Waals surface area contributed by atoms with Crippen molar-refractivity contribution in [2.24, 2.45) is 0 Å². The SMILES string of the molecule is CC(C)c1nccc(N2CCN(C[C@@H](C)O)CC2)n1. The third-order valence-electron chi connectivity index (χ3n) is 3.39. The monoisotopic (exact) mass is 264 g/mol. The molecule has 5 nitrogen and oxygen atoms in total. The van der Waals surface area contributed by atoms with Gasteiger partial charge in [-0.3, -0.25) is 4.90 Å². The molecule has 1 saturated heterocycles. The number of nitrogens with zero attached hydrogens (tertiary/aromatic N) is 4. The van der Waals surface area contributed by atoms with Gasteiger partial charge in [-0.05, 0) is 13.0 Å². The number of anilines is 1. The standard InChI is InChI=1S/C14H24N4O/c1-11(2)14-15-5-4-13(16-14)18-8-6-17(7-9-18)10-12(3)19/h4-5,11-12,19H,6-10H2,1-3H3/t12-/m1/s1. The van der Waals surface area contributed by atoms with E-state index < -0.39 is 0 Å². The molecule has 0 aromatic carbocycles. The molecular weight excluding hydrogens is 240 g/mol. The van der Waals surface area contributed by atoms with Crippen LogP contribution in [0.2, 0.25) is 0 Å². The molecule has 2 heterocycles. The van der Waals surface area contributed by atoms with Gasteiger partial charge in [0.2, 0.25) is 0 Å². The molecule has 19 heavy (non-hydrogen) atoms. The molecule has 2 rings (SSSR count). The zero-order valence-corrected chi connectivity index (χ0v) is 12.1. The maximum atomic E-state index is 9.41. The van der Waals surface area contributed by atoms with Crippen LogP contribution in [0.25, 0.3) is 0 Å². The number of hydrogen-bond donors (Lipinski definition) is 1. The van der Waals surface area contributed by atoms with Crippen molar-refractivity contribution in [2.45, 2.75) is 32.8 Å². The maximum absolute atomic E-state index is 9.41. The Morgan fingerprint density at radius 3 is 2.47 bits per heavy atom. The smallest absolute Gasteiger partial charge is 0.133 e. The van der Waals surface area contributed by atoms with Gasteiger partial charge in [0.1, 0.15) is 11.6 Å². The van der Waals surface area contributed by atoms with Crippen molar-refractivity contribution in [3.8, 4) is 0 Å². The van der Waals surface area contributed by atoms with Crippen molar-refractivity contribution < 1.29 is 5.11 Å². The third-order valence-corrected chi connectivity index (χ3v) is 3.39. The Morgan fingerprint density at radius 1 is 1.21 bits per heavy atom. The highest BCUT2D eigenvalue weighted by molar-refractivity contribution is 5.38. The number of aromatic nitrogens is 2. The quantitative estimate of drug-likeness (QED) is 0.882. The lowest BCUT2D eigenvalue weighted by Crippen LogP contribution is -2.48. The van der Waals surface area contributed by atoms with E-state index >= 15 is 0 Å². The maximum Gasteiger partial charge on any atom is 0.133 e. The third kappa shape index (κ3) is 3.88. The molecule has 1 aliphatic rings. The lowest BCUT2D eigenvalue weighted by Gasteiger charge is -2.36. The lowest BCUT2D eigenvalue weighted by atomic mass is 10.2. The predicted octanol–water partition coefficient (Wildman–Crippen LogP) is 1.10. The lowest BCUT2D eigenvalue weighted by molar-refractivity contribution is 0.122. The minimum absolute atomic E-state index is 0.252. The van der Waals surface area contributed by atoms with Gasteiger partial charge < -0.3 is 10.0 Å². The summed E-state index contributed by atoms with van der Waals surface area (Å²) in [6, 6.07) is 1.98. The summed E-state index contributed by atoms with van der Waals surface area (Å²) in [6.45, 7) is 10.7. The molecule has 0 aliphatic carbocycles. The second-order valence-electron chi connectivity index (χ2n) is 5.56. The summed E-state index contributed by atoms with van der Waals surface area (Å²) >= 11 is 0. The fourth-order valence-electron chi connectivity index (χ4n) is 2.35. The van der Waals surface area contributed by atoms with Crippen LogP contribution in [-0.2, 0) is 0 Å². The number of β-amino-alcohol motifs (C(OH)–C–C–N with tert-alkyl or cyclic N) is 1. The Balaban J connectivity index is 1.96. The zero-order valence-electron chi connectivity index (χ0n) is 12.1. The van der Waals surface area contributed by atoms with E-state index in [1.165, 1.54) is 0 Å². The van der Waals surface area contributed by atoms with E-state index in [0.29, 0.717) is 5.92 Å². The summed E-state index contributed by atoms with van der Waals surface area (Å²) in [4.78, 5) is 13.5. The fraction of sp³-hybridized carbons (Fsp3) is 0.714. The Labute approximate surface area is 115 Å². The highest BCUT2D eigenvalue weighted by atomic mass is 16.3. The van der Waals surface area contributed by atoms with Crippen LogP contribution in [-0.4, -0.2) is 58.8 Å². The van der Waals surface area contributed by atoms with Crippen LogP contribution in [0.15, 0.2) is 12.3 Å². The molecular formula is C14H24N4O. The van der Waals surface area contributed by atoms with Crippen molar-refractivity contribution in [1.82, 2.24) is 14.9 Å². The fourth-order valence-corrected chi connectivity index (χ4v) is 2.35. The van der Waals surface area contributed by atoms with E-state index in [4.69, 9.17) is 0 Å². The van der Waals surface area contributed by atoms with E-state index in [9.17, 15) is 5.11 Å². The van der Waals surface area contributed by atoms with Gasteiger partial charge in [0.25, 0.3) is 0 Å². The number of aliphatic hydroxyl groups excluding tert-OH is 1. The van der Waals surface area contributed by atoms with Gasteiger partial charge >= 0.3 is 0 Å². The molecule has 0 radical (unpaired) electrons. The van der Waals surface area contributed by atoms with Crippen LogP contribution in [0, 0.1) is 0 Å². The molecule has 0 saturated carbocycles. The topological polar surface area (TPSA) is 52.5 Å². The van der Waals surface area contributed by atoms with E-state index in [1.54, 1.807) is 0 Å². The van der Waals surface area contributed by atoms with Gasteiger partial charge in [0, 0.05) is 44.8 Å². The van der Waals surface area contributed by atoms with Gasteiger partial charge in [0.15, 0.2) is 0 Å². The minimum Gasteiger partial charge on any atom is -0.392 e. The normalized spacial score (nSPS) is 18.9. The molecule has 1 aromatic rings. The summed E-state index contributed by atoms with van der Waals surface area (Å²) in [7, 11) is 0. The number of hydrogen-bond acceptors (Lipinski definition) is 5. The highest BCUT2D eigenvalue weighted by Gasteiger charge is 2.19. The van der Waals surface area contributed by atoms with Gasteiger partial charge in [-0.2, -0.15) is 0 Å². The van der Waals surface area contributed by atoms with Gasteiger partial charge in [-0.15, -0.1) is 0 Å². The first kappa shape index (κ1) is 14.2. The first-order valence-electron chi connectivity index (χ1n) is 7.04. The summed E-state index contributed by atoms with van der Waals surface area (Å²) in [5.41, 5.74) is 0. The first-order chi connectivity index (χ1) is 9.06. The van der Waals surface area contributed by atoms with Crippen molar-refractivity contribution in [3.05, 3.63) is 18.1 Å². The van der Waals surface area contributed by atoms with E-state index in [0.717, 1.165) is 44.4 Å². The highest BCUT2D eigenvalue weighted by Crippen LogP contribution is 2.16. The Morgan fingerprint density at radius 2 is 1.89 bits per heavy atom. The van der Waals surface area contributed by atoms with E-state index in [-0.39, 0.29) is 6.10 Å². The second kappa shape index (κ2) is 6.30. The Kier molecular flexibility index (Phi) is 4.71. The molecule has 0 bridgehead atoms. The largest absolute Gasteiger partial charge is 0.392 e. The number of aliphatic hydroxyl groups is 1. The molecule has 5 heteroatoms. The molecule has 106 valence electrons. The summed E-state index contributed by atoms with van der Waals surface area (Å²) in [6.07, 6.45) is 1.60. The second-order valence-corrected chi connectivity index (χ2v) is 5.56. The van der Waals surface area contributed by atoms with Crippen LogP contribution in [0.4, 0.5) is 5.82 Å². The van der Waals surface area contributed by atoms with Crippen LogP contribution in [0.3, 0.4) is 0 Å². The van der Waals surface area contributed by atoms with Crippen molar-refractivity contribution in [1.29, 1.82) is 0 Å². The molecule has 0 amide bonds. The average molecular weight is 264 g/mol. The Hall–Kier alpha value is -1.20. The predicted molar refractivity (Wildman–Crippen MR) is 76.5 cm³/mol. The van der Waals surface area contributed by atoms with Crippen LogP contribution >= 0.6 is 0 Å². The summed E-state index contributed by atoms with van der Waals surface area (Å²) in [5, 5.41) is 9.41. The van der Waals surface area contributed by atoms with E-state index in [2.05, 4.69) is 33.6 Å². The van der Waals surface area contributed by atoms with Crippen LogP contribution < -0.4 is 4.90 Å². The number of rotatable bonds is 4. The van der Waals surface area contributed by atoms with Gasteiger partial charge in [-0.25, -0.2) is 9.97 Å². The van der Waals surface area contributed by atoms with Crippen LogP contribution in [0.5, 0.6) is 0 Å². The van der Waals surface area contributed by atoms with Gasteiger partial charge in [0.05, 0.1) is 6.10 Å². The summed E-state index contributed by atoms with van der Waals surface area (Å²) < 4.78 is 0. The molecule has 1 aromatic heterocycles. The van der Waals surface area contributed by atoms with Crippen molar-refractivity contribution >= 4 is 5.82 Å². The molecule has 0 unspecified atom stereocenters. The molecule has 1 atom stereocenters. The van der Waals surface area contributed by atoms with Crippen molar-refractivity contribution in [2.75, 3.05) is 37.6 Å².